The number of hydrogen-bond donors (Lipinski definition) is 2. The predicted octanol–water partition coefficient (Wildman–Crippen LogP) is 4.54. The summed E-state index contributed by atoms with van der Waals surface area (Å²) in [5, 5.41) is 40.0. The number of carboxylic acids is 1. The second-order valence-corrected chi connectivity index (χ2v) is 7.22. The van der Waals surface area contributed by atoms with Crippen LogP contribution in [0.15, 0.2) is 42.2 Å². The SMILES string of the molecule is C.C.CC(=O)Cc1ccc(C(=O)O)cc1[N+](=O)[O-].COC(=O)/C(=C(/C)O)c1ccc(C(=O)OC)cc1[N+](=O)[O-]. The molecule has 0 aliphatic carbocycles. The van der Waals surface area contributed by atoms with Crippen LogP contribution >= 0.6 is 0 Å². The van der Waals surface area contributed by atoms with Crippen molar-refractivity contribution in [1.82, 2.24) is 0 Å². The molecule has 39 heavy (non-hydrogen) atoms. The number of rotatable bonds is 8. The third kappa shape index (κ3) is 9.68. The minimum atomic E-state index is -1.24. The Balaban J connectivity index is 0. The molecule has 0 aliphatic heterocycles. The molecular weight excluding hydrogens is 520 g/mol. The highest BCUT2D eigenvalue weighted by Crippen LogP contribution is 2.30. The van der Waals surface area contributed by atoms with Gasteiger partial charge in [0.05, 0.1) is 40.8 Å². The lowest BCUT2D eigenvalue weighted by molar-refractivity contribution is -0.385. The molecule has 0 radical (unpaired) electrons. The number of methoxy groups -OCH3 is 2. The Hall–Kier alpha value is -5.14. The Kier molecular flexibility index (Phi) is 14.6. The van der Waals surface area contributed by atoms with Gasteiger partial charge >= 0.3 is 17.9 Å². The van der Waals surface area contributed by atoms with Gasteiger partial charge in [-0.1, -0.05) is 20.9 Å². The van der Waals surface area contributed by atoms with Crippen LogP contribution in [0, 0.1) is 20.2 Å². The van der Waals surface area contributed by atoms with E-state index in [1.165, 1.54) is 38.1 Å². The molecule has 2 aromatic carbocycles. The van der Waals surface area contributed by atoms with Crippen molar-refractivity contribution in [2.45, 2.75) is 35.1 Å². The summed E-state index contributed by atoms with van der Waals surface area (Å²) < 4.78 is 8.96. The third-order valence-electron chi connectivity index (χ3n) is 4.60. The van der Waals surface area contributed by atoms with Crippen LogP contribution < -0.4 is 0 Å². The van der Waals surface area contributed by atoms with Crippen molar-refractivity contribution < 1.29 is 48.7 Å². The number of nitrogens with zero attached hydrogens (tertiary/aromatic N) is 2. The van der Waals surface area contributed by atoms with E-state index in [1.54, 1.807) is 0 Å². The Morgan fingerprint density at radius 3 is 1.74 bits per heavy atom. The monoisotopic (exact) mass is 550 g/mol. The van der Waals surface area contributed by atoms with Crippen molar-refractivity contribution in [3.05, 3.63) is 84.6 Å². The number of allylic oxidation sites excluding steroid dienone is 1. The summed E-state index contributed by atoms with van der Waals surface area (Å²) in [5.41, 5.74) is -1.35. The molecule has 0 bridgehead atoms. The van der Waals surface area contributed by atoms with E-state index >= 15 is 0 Å². The first-order valence-corrected chi connectivity index (χ1v) is 10.1. The van der Waals surface area contributed by atoms with E-state index in [0.29, 0.717) is 0 Å². The first kappa shape index (κ1) is 36.0. The molecule has 212 valence electrons. The first-order valence-electron chi connectivity index (χ1n) is 10.1. The normalized spacial score (nSPS) is 10.2. The number of nitro benzene ring substituents is 2. The zero-order valence-corrected chi connectivity index (χ0v) is 20.0. The smallest absolute Gasteiger partial charge is 0.342 e. The second kappa shape index (κ2) is 15.9. The molecule has 0 unspecified atom stereocenters. The zero-order chi connectivity index (χ0) is 28.4. The van der Waals surface area contributed by atoms with Gasteiger partial charge in [0.1, 0.15) is 17.1 Å². The van der Waals surface area contributed by atoms with Crippen LogP contribution in [0.2, 0.25) is 0 Å². The maximum Gasteiger partial charge on any atom is 0.342 e. The Labute approximate surface area is 223 Å². The lowest BCUT2D eigenvalue weighted by atomic mass is 10.0. The zero-order valence-electron chi connectivity index (χ0n) is 20.0. The maximum absolute atomic E-state index is 11.6. The van der Waals surface area contributed by atoms with Gasteiger partial charge < -0.3 is 19.7 Å². The number of nitro groups is 2. The molecule has 0 saturated heterocycles. The van der Waals surface area contributed by atoms with E-state index in [-0.39, 0.29) is 60.6 Å². The summed E-state index contributed by atoms with van der Waals surface area (Å²) >= 11 is 0. The van der Waals surface area contributed by atoms with Gasteiger partial charge in [-0.2, -0.15) is 0 Å². The molecule has 0 saturated carbocycles. The molecular formula is C25H30N2O12. The van der Waals surface area contributed by atoms with Gasteiger partial charge in [0, 0.05) is 24.1 Å². The standard InChI is InChI=1S/C13H13NO7.C10H9NO5.2CH4/c1-7(15)11(13(17)21-3)9-5-4-8(12(16)20-2)6-10(9)14(18)19;1-6(12)4-7-2-3-8(10(13)14)5-9(7)11(15)16;;/h4-6,15H,1-3H3;2-3,5H,4H2,1H3,(H,13,14);2*1H4/b11-7-;;;. The van der Waals surface area contributed by atoms with Crippen molar-refractivity contribution in [2.75, 3.05) is 14.2 Å². The van der Waals surface area contributed by atoms with Gasteiger partial charge in [0.25, 0.3) is 11.4 Å². The maximum atomic E-state index is 11.6. The highest BCUT2D eigenvalue weighted by atomic mass is 16.6. The van der Waals surface area contributed by atoms with Crippen molar-refractivity contribution in [1.29, 1.82) is 0 Å². The number of carboxylic acid groups (broad SMARTS) is 1. The van der Waals surface area contributed by atoms with Crippen LogP contribution in [0.25, 0.3) is 5.57 Å². The van der Waals surface area contributed by atoms with Crippen molar-refractivity contribution >= 4 is 40.6 Å². The van der Waals surface area contributed by atoms with Crippen molar-refractivity contribution in [3.8, 4) is 0 Å². The summed E-state index contributed by atoms with van der Waals surface area (Å²) in [6.07, 6.45) is -0.0732. The number of aromatic carboxylic acids is 1. The lowest BCUT2D eigenvalue weighted by Gasteiger charge is -2.08. The molecule has 0 spiro atoms. The summed E-state index contributed by atoms with van der Waals surface area (Å²) in [6, 6.07) is 6.89. The van der Waals surface area contributed by atoms with Gasteiger partial charge in [-0.3, -0.25) is 25.0 Å². The van der Waals surface area contributed by atoms with Gasteiger partial charge in [-0.15, -0.1) is 0 Å². The number of esters is 2. The fourth-order valence-electron chi connectivity index (χ4n) is 2.98. The Morgan fingerprint density at radius 2 is 1.33 bits per heavy atom. The summed E-state index contributed by atoms with van der Waals surface area (Å²) in [4.78, 5) is 64.9. The number of carbonyl (C=O) groups excluding carboxylic acids is 3. The molecule has 0 fully saturated rings. The number of aliphatic hydroxyl groups excluding tert-OH is 1. The Morgan fingerprint density at radius 1 is 0.821 bits per heavy atom. The molecule has 0 atom stereocenters. The molecule has 0 amide bonds. The molecule has 14 nitrogen and oxygen atoms in total. The van der Waals surface area contributed by atoms with Crippen LogP contribution in [0.4, 0.5) is 11.4 Å². The minimum absolute atomic E-state index is 0. The van der Waals surface area contributed by atoms with Crippen LogP contribution in [0.5, 0.6) is 0 Å². The van der Waals surface area contributed by atoms with E-state index in [0.717, 1.165) is 26.4 Å². The molecule has 2 rings (SSSR count). The quantitative estimate of drug-likeness (QED) is 0.152. The van der Waals surface area contributed by atoms with E-state index in [2.05, 4.69) is 9.47 Å². The number of hydrogen-bond acceptors (Lipinski definition) is 11. The molecule has 0 aliphatic rings. The average molecular weight is 551 g/mol. The van der Waals surface area contributed by atoms with Gasteiger partial charge in [0.2, 0.25) is 0 Å². The highest BCUT2D eigenvalue weighted by Gasteiger charge is 2.26. The molecule has 0 heterocycles. The van der Waals surface area contributed by atoms with E-state index in [4.69, 9.17) is 5.11 Å². The fourth-order valence-corrected chi connectivity index (χ4v) is 2.98. The number of aliphatic hydroxyl groups is 1. The van der Waals surface area contributed by atoms with Crippen LogP contribution in [-0.2, 0) is 25.5 Å². The molecule has 2 aromatic rings. The highest BCUT2D eigenvalue weighted by molar-refractivity contribution is 6.18. The van der Waals surface area contributed by atoms with Crippen LogP contribution in [-0.4, -0.2) is 58.0 Å². The number of carbonyl (C=O) groups is 4. The fraction of sp³-hybridized carbons (Fsp3) is 0.280. The molecule has 2 N–H and O–H groups in total. The number of benzene rings is 2. The molecule has 0 aromatic heterocycles. The largest absolute Gasteiger partial charge is 0.512 e. The number of Topliss-reactive ketones (excluding diaryl/α,β-unsaturated/α-hetero) is 1. The van der Waals surface area contributed by atoms with Crippen molar-refractivity contribution in [2.24, 2.45) is 0 Å². The minimum Gasteiger partial charge on any atom is -0.512 e. The number of ether oxygens (including phenoxy) is 2. The number of ketones is 1. The van der Waals surface area contributed by atoms with Gasteiger partial charge in [0.15, 0.2) is 0 Å². The van der Waals surface area contributed by atoms with E-state index < -0.39 is 39.2 Å². The van der Waals surface area contributed by atoms with Crippen LogP contribution in [0.1, 0.15) is 60.5 Å². The summed E-state index contributed by atoms with van der Waals surface area (Å²) in [7, 11) is 2.22. The summed E-state index contributed by atoms with van der Waals surface area (Å²) in [6.45, 7) is 2.51. The third-order valence-corrected chi connectivity index (χ3v) is 4.60. The van der Waals surface area contributed by atoms with Gasteiger partial charge in [-0.05, 0) is 32.0 Å². The first-order chi connectivity index (χ1) is 17.2. The Bertz CT molecular complexity index is 1290. The predicted molar refractivity (Wildman–Crippen MR) is 140 cm³/mol. The molecule has 14 heteroatoms. The van der Waals surface area contributed by atoms with Crippen molar-refractivity contribution in [3.63, 3.8) is 0 Å². The van der Waals surface area contributed by atoms with Crippen LogP contribution in [0.3, 0.4) is 0 Å². The second-order valence-electron chi connectivity index (χ2n) is 7.22. The van der Waals surface area contributed by atoms with E-state index in [9.17, 15) is 44.5 Å². The summed E-state index contributed by atoms with van der Waals surface area (Å²) in [5.74, 6) is -3.57. The van der Waals surface area contributed by atoms with Gasteiger partial charge in [-0.25, -0.2) is 14.4 Å². The topological polar surface area (TPSA) is 213 Å². The average Bonchev–Trinajstić information content (AvgIpc) is 2.83. The van der Waals surface area contributed by atoms with E-state index in [1.807, 2.05) is 0 Å². The lowest BCUT2D eigenvalue weighted by Crippen LogP contribution is -2.10.